The average Bonchev–Trinajstić information content (AvgIpc) is 2.95. The lowest BCUT2D eigenvalue weighted by atomic mass is 9.98. The van der Waals surface area contributed by atoms with Gasteiger partial charge in [0.05, 0.1) is 18.2 Å². The molecule has 1 heterocycles. The van der Waals surface area contributed by atoms with Crippen LogP contribution in [0.25, 0.3) is 0 Å². The van der Waals surface area contributed by atoms with Gasteiger partial charge < -0.3 is 9.84 Å². The topological polar surface area (TPSA) is 55.1 Å². The summed E-state index contributed by atoms with van der Waals surface area (Å²) in [5.74, 6) is 0.633. The first-order chi connectivity index (χ1) is 12.5. The number of nitrogens with one attached hydrogen (secondary N) is 1. The van der Waals surface area contributed by atoms with Gasteiger partial charge in [-0.3, -0.25) is 4.79 Å². The normalized spacial score (nSPS) is 12.0. The lowest BCUT2D eigenvalue weighted by molar-refractivity contribution is -0.121. The largest absolute Gasteiger partial charge is 0.361 e. The van der Waals surface area contributed by atoms with E-state index in [4.69, 9.17) is 16.1 Å². The molecule has 2 aromatic carbocycles. The third-order valence-electron chi connectivity index (χ3n) is 4.41. The number of rotatable bonds is 6. The van der Waals surface area contributed by atoms with E-state index in [2.05, 4.69) is 10.5 Å². The van der Waals surface area contributed by atoms with Crippen LogP contribution in [0.15, 0.2) is 59.1 Å². The molecule has 4 nitrogen and oxygen atoms in total. The fourth-order valence-electron chi connectivity index (χ4n) is 2.95. The minimum atomic E-state index is -0.120. The summed E-state index contributed by atoms with van der Waals surface area (Å²) >= 11 is 5.97. The van der Waals surface area contributed by atoms with E-state index < -0.39 is 0 Å². The lowest BCUT2D eigenvalue weighted by Crippen LogP contribution is -2.31. The first-order valence-corrected chi connectivity index (χ1v) is 8.91. The molecular formula is C21H21ClN2O2. The fraction of sp³-hybridized carbons (Fsp3) is 0.238. The zero-order valence-corrected chi connectivity index (χ0v) is 15.6. The molecule has 1 aromatic heterocycles. The second-order valence-electron chi connectivity index (χ2n) is 6.34. The maximum Gasteiger partial charge on any atom is 0.225 e. The van der Waals surface area contributed by atoms with Crippen molar-refractivity contribution in [3.05, 3.63) is 87.8 Å². The summed E-state index contributed by atoms with van der Waals surface area (Å²) in [7, 11) is 0. The second kappa shape index (κ2) is 8.19. The second-order valence-corrected chi connectivity index (χ2v) is 6.78. The number of carbonyl (C=O) groups excluding carboxylic acids is 1. The van der Waals surface area contributed by atoms with Crippen LogP contribution in [-0.2, 0) is 17.6 Å². The van der Waals surface area contributed by atoms with Crippen molar-refractivity contribution >= 4 is 17.5 Å². The molecule has 26 heavy (non-hydrogen) atoms. The number of carbonyl (C=O) groups is 1. The molecule has 0 bridgehead atoms. The van der Waals surface area contributed by atoms with Crippen LogP contribution < -0.4 is 5.32 Å². The van der Waals surface area contributed by atoms with Crippen molar-refractivity contribution in [2.24, 2.45) is 0 Å². The highest BCUT2D eigenvalue weighted by atomic mass is 35.5. The molecule has 3 rings (SSSR count). The molecule has 0 radical (unpaired) electrons. The van der Waals surface area contributed by atoms with Crippen molar-refractivity contribution in [1.82, 2.24) is 10.5 Å². The molecule has 0 saturated carbocycles. The first-order valence-electron chi connectivity index (χ1n) is 8.53. The van der Waals surface area contributed by atoms with E-state index in [-0.39, 0.29) is 18.4 Å². The summed E-state index contributed by atoms with van der Waals surface area (Å²) in [6.45, 7) is 3.67. The molecule has 1 amide bonds. The van der Waals surface area contributed by atoms with Crippen LogP contribution in [0.5, 0.6) is 0 Å². The Balaban J connectivity index is 1.77. The third kappa shape index (κ3) is 4.52. The quantitative estimate of drug-likeness (QED) is 0.692. The van der Waals surface area contributed by atoms with Gasteiger partial charge in [-0.05, 0) is 43.5 Å². The van der Waals surface area contributed by atoms with Gasteiger partial charge in [-0.25, -0.2) is 0 Å². The van der Waals surface area contributed by atoms with Gasteiger partial charge in [0, 0.05) is 10.6 Å². The highest BCUT2D eigenvalue weighted by molar-refractivity contribution is 6.30. The minimum Gasteiger partial charge on any atom is -0.361 e. The summed E-state index contributed by atoms with van der Waals surface area (Å²) in [5.41, 5.74) is 3.78. The molecule has 0 aliphatic heterocycles. The van der Waals surface area contributed by atoms with Gasteiger partial charge in [-0.1, -0.05) is 59.2 Å². The van der Waals surface area contributed by atoms with Crippen LogP contribution in [0.3, 0.4) is 0 Å². The van der Waals surface area contributed by atoms with Gasteiger partial charge in [0.1, 0.15) is 5.76 Å². The van der Waals surface area contributed by atoms with Crippen LogP contribution in [0.1, 0.15) is 34.2 Å². The summed E-state index contributed by atoms with van der Waals surface area (Å²) in [6.07, 6.45) is 0.944. The number of hydrogen-bond donors (Lipinski definition) is 1. The average molecular weight is 369 g/mol. The zero-order chi connectivity index (χ0) is 18.5. The number of amides is 1. The Bertz CT molecular complexity index is 853. The predicted molar refractivity (Wildman–Crippen MR) is 102 cm³/mol. The van der Waals surface area contributed by atoms with E-state index in [9.17, 15) is 4.79 Å². The maximum atomic E-state index is 12.6. The summed E-state index contributed by atoms with van der Waals surface area (Å²) in [6, 6.07) is 17.6. The molecule has 5 heteroatoms. The molecule has 1 unspecified atom stereocenters. The summed E-state index contributed by atoms with van der Waals surface area (Å²) < 4.78 is 5.15. The van der Waals surface area contributed by atoms with E-state index in [0.717, 1.165) is 22.4 Å². The van der Waals surface area contributed by atoms with Crippen molar-refractivity contribution in [2.75, 3.05) is 0 Å². The SMILES string of the molecule is Cc1noc(C)c1CC(=O)NC(Cc1ccc(Cl)cc1)c1ccccc1. The van der Waals surface area contributed by atoms with E-state index >= 15 is 0 Å². The van der Waals surface area contributed by atoms with Gasteiger partial charge in [0.25, 0.3) is 0 Å². The molecule has 3 aromatic rings. The van der Waals surface area contributed by atoms with E-state index in [1.165, 1.54) is 0 Å². The Morgan fingerprint density at radius 3 is 2.42 bits per heavy atom. The van der Waals surface area contributed by atoms with E-state index in [1.807, 2.05) is 68.4 Å². The van der Waals surface area contributed by atoms with Crippen molar-refractivity contribution in [2.45, 2.75) is 32.7 Å². The number of halogens is 1. The highest BCUT2D eigenvalue weighted by Crippen LogP contribution is 2.21. The molecule has 0 fully saturated rings. The first kappa shape index (κ1) is 18.2. The van der Waals surface area contributed by atoms with E-state index in [1.54, 1.807) is 0 Å². The van der Waals surface area contributed by atoms with Crippen molar-refractivity contribution in [3.8, 4) is 0 Å². The summed E-state index contributed by atoms with van der Waals surface area (Å²) in [5, 5.41) is 7.76. The van der Waals surface area contributed by atoms with Crippen molar-refractivity contribution < 1.29 is 9.32 Å². The Labute approximate surface area is 158 Å². The van der Waals surface area contributed by atoms with Gasteiger partial charge in [-0.15, -0.1) is 0 Å². The molecule has 0 spiro atoms. The van der Waals surface area contributed by atoms with Crippen molar-refractivity contribution in [3.63, 3.8) is 0 Å². The van der Waals surface area contributed by atoms with Gasteiger partial charge in [0.2, 0.25) is 5.91 Å². The van der Waals surface area contributed by atoms with Gasteiger partial charge >= 0.3 is 0 Å². The van der Waals surface area contributed by atoms with Crippen LogP contribution in [0, 0.1) is 13.8 Å². The molecule has 0 aliphatic carbocycles. The van der Waals surface area contributed by atoms with Crippen LogP contribution in [0.4, 0.5) is 0 Å². The van der Waals surface area contributed by atoms with Crippen molar-refractivity contribution in [1.29, 1.82) is 0 Å². The molecule has 0 aliphatic rings. The molecule has 1 N–H and O–H groups in total. The van der Waals surface area contributed by atoms with Crippen LogP contribution in [0.2, 0.25) is 5.02 Å². The standard InChI is InChI=1S/C21H21ClN2O2/c1-14-19(15(2)26-24-14)13-21(25)23-20(17-6-4-3-5-7-17)12-16-8-10-18(22)11-9-16/h3-11,20H,12-13H2,1-2H3,(H,23,25). The molecule has 0 saturated heterocycles. The number of benzene rings is 2. The Hall–Kier alpha value is -2.59. The van der Waals surface area contributed by atoms with Crippen LogP contribution >= 0.6 is 11.6 Å². The number of hydrogen-bond acceptors (Lipinski definition) is 3. The molecule has 1 atom stereocenters. The fourth-order valence-corrected chi connectivity index (χ4v) is 3.08. The monoisotopic (exact) mass is 368 g/mol. The highest BCUT2D eigenvalue weighted by Gasteiger charge is 2.18. The number of aryl methyl sites for hydroxylation is 2. The Morgan fingerprint density at radius 1 is 1.12 bits per heavy atom. The Kier molecular flexibility index (Phi) is 5.74. The Morgan fingerprint density at radius 2 is 1.81 bits per heavy atom. The number of aromatic nitrogens is 1. The predicted octanol–water partition coefficient (Wildman–Crippen LogP) is 4.59. The third-order valence-corrected chi connectivity index (χ3v) is 4.66. The lowest BCUT2D eigenvalue weighted by Gasteiger charge is -2.19. The van der Waals surface area contributed by atoms with Crippen LogP contribution in [-0.4, -0.2) is 11.1 Å². The maximum absolute atomic E-state index is 12.6. The zero-order valence-electron chi connectivity index (χ0n) is 14.8. The molecule has 134 valence electrons. The minimum absolute atomic E-state index is 0.0535. The molecular weight excluding hydrogens is 348 g/mol. The number of nitrogens with zero attached hydrogens (tertiary/aromatic N) is 1. The smallest absolute Gasteiger partial charge is 0.225 e. The van der Waals surface area contributed by atoms with Gasteiger partial charge in [-0.2, -0.15) is 0 Å². The van der Waals surface area contributed by atoms with Gasteiger partial charge in [0.15, 0.2) is 0 Å². The summed E-state index contributed by atoms with van der Waals surface area (Å²) in [4.78, 5) is 12.6. The van der Waals surface area contributed by atoms with E-state index in [0.29, 0.717) is 17.2 Å².